The quantitative estimate of drug-likeness (QED) is 0.798. The van der Waals surface area contributed by atoms with Crippen LogP contribution in [-0.4, -0.2) is 17.1 Å². The molecule has 2 rings (SSSR count). The number of amides is 1. The zero-order valence-corrected chi connectivity index (χ0v) is 10.7. The standard InChI is InChI=1S/C15H15FN2O2/c16-11-3-5-12(6-4-11)18-15(20)14(17)9-10-1-7-13(19)8-2-10/h1-8,14,19H,9,17H2,(H,18,20). The molecule has 20 heavy (non-hydrogen) atoms. The molecule has 0 aromatic heterocycles. The third kappa shape index (κ3) is 3.80. The number of hydrogen-bond donors (Lipinski definition) is 3. The number of nitrogens with one attached hydrogen (secondary N) is 1. The fourth-order valence-corrected chi connectivity index (χ4v) is 1.75. The molecule has 1 amide bonds. The number of nitrogens with two attached hydrogens (primary N) is 1. The first-order valence-electron chi connectivity index (χ1n) is 6.14. The van der Waals surface area contributed by atoms with Crippen LogP contribution in [0.4, 0.5) is 10.1 Å². The van der Waals surface area contributed by atoms with Gasteiger partial charge in [-0.1, -0.05) is 12.1 Å². The second-order valence-electron chi connectivity index (χ2n) is 4.47. The summed E-state index contributed by atoms with van der Waals surface area (Å²) in [6.45, 7) is 0. The molecule has 0 radical (unpaired) electrons. The van der Waals surface area contributed by atoms with Crippen LogP contribution in [0, 0.1) is 5.82 Å². The first-order valence-corrected chi connectivity index (χ1v) is 6.14. The minimum Gasteiger partial charge on any atom is -0.508 e. The molecule has 0 fully saturated rings. The number of hydrogen-bond acceptors (Lipinski definition) is 3. The van der Waals surface area contributed by atoms with E-state index in [-0.39, 0.29) is 17.5 Å². The van der Waals surface area contributed by atoms with Crippen LogP contribution in [0.3, 0.4) is 0 Å². The van der Waals surface area contributed by atoms with E-state index in [1.165, 1.54) is 24.3 Å². The van der Waals surface area contributed by atoms with Gasteiger partial charge < -0.3 is 16.2 Å². The lowest BCUT2D eigenvalue weighted by Crippen LogP contribution is -2.37. The van der Waals surface area contributed by atoms with Gasteiger partial charge in [0.05, 0.1) is 6.04 Å². The van der Waals surface area contributed by atoms with E-state index in [0.29, 0.717) is 12.1 Å². The van der Waals surface area contributed by atoms with Crippen LogP contribution in [0.5, 0.6) is 5.75 Å². The molecule has 2 aromatic carbocycles. The number of phenols is 1. The van der Waals surface area contributed by atoms with Crippen molar-refractivity contribution in [3.63, 3.8) is 0 Å². The molecule has 0 aliphatic carbocycles. The number of aromatic hydroxyl groups is 1. The van der Waals surface area contributed by atoms with Crippen LogP contribution in [0.1, 0.15) is 5.56 Å². The minimum atomic E-state index is -0.718. The second kappa shape index (κ2) is 6.16. The van der Waals surface area contributed by atoms with Gasteiger partial charge in [0.1, 0.15) is 11.6 Å². The number of carbonyl (C=O) groups is 1. The molecule has 0 bridgehead atoms. The van der Waals surface area contributed by atoms with Crippen molar-refractivity contribution in [3.05, 3.63) is 59.9 Å². The molecule has 4 nitrogen and oxygen atoms in total. The highest BCUT2D eigenvalue weighted by molar-refractivity contribution is 5.94. The molecule has 104 valence electrons. The third-order valence-electron chi connectivity index (χ3n) is 2.84. The molecule has 4 N–H and O–H groups in total. The lowest BCUT2D eigenvalue weighted by Gasteiger charge is -2.12. The molecule has 0 spiro atoms. The van der Waals surface area contributed by atoms with Crippen LogP contribution < -0.4 is 11.1 Å². The van der Waals surface area contributed by atoms with Crippen molar-refractivity contribution < 1.29 is 14.3 Å². The topological polar surface area (TPSA) is 75.3 Å². The van der Waals surface area contributed by atoms with Gasteiger partial charge in [-0.2, -0.15) is 0 Å². The first kappa shape index (κ1) is 14.0. The molecular formula is C15H15FN2O2. The van der Waals surface area contributed by atoms with Crippen molar-refractivity contribution in [1.29, 1.82) is 0 Å². The normalized spacial score (nSPS) is 11.9. The fourth-order valence-electron chi connectivity index (χ4n) is 1.75. The number of phenolic OH excluding ortho intramolecular Hbond substituents is 1. The van der Waals surface area contributed by atoms with Gasteiger partial charge in [0.25, 0.3) is 0 Å². The van der Waals surface area contributed by atoms with Crippen molar-refractivity contribution >= 4 is 11.6 Å². The summed E-state index contributed by atoms with van der Waals surface area (Å²) in [5.74, 6) is -0.542. The highest BCUT2D eigenvalue weighted by Gasteiger charge is 2.14. The minimum absolute atomic E-state index is 0.165. The Balaban J connectivity index is 1.94. The summed E-state index contributed by atoms with van der Waals surface area (Å²) in [5.41, 5.74) is 7.17. The Hall–Kier alpha value is -2.40. The summed E-state index contributed by atoms with van der Waals surface area (Å²) < 4.78 is 12.7. The van der Waals surface area contributed by atoms with Crippen LogP contribution in [0.2, 0.25) is 0 Å². The van der Waals surface area contributed by atoms with Gasteiger partial charge in [0.2, 0.25) is 5.91 Å². The smallest absolute Gasteiger partial charge is 0.241 e. The summed E-state index contributed by atoms with van der Waals surface area (Å²) in [7, 11) is 0. The molecule has 0 aliphatic rings. The predicted molar refractivity (Wildman–Crippen MR) is 74.8 cm³/mol. The van der Waals surface area contributed by atoms with Gasteiger partial charge in [-0.3, -0.25) is 4.79 Å². The number of benzene rings is 2. The molecule has 5 heteroatoms. The zero-order chi connectivity index (χ0) is 14.5. The van der Waals surface area contributed by atoms with Crippen molar-refractivity contribution in [2.45, 2.75) is 12.5 Å². The first-order chi connectivity index (χ1) is 9.54. The van der Waals surface area contributed by atoms with Crippen LogP contribution in [0.15, 0.2) is 48.5 Å². The number of halogens is 1. The van der Waals surface area contributed by atoms with Gasteiger partial charge in [0.15, 0.2) is 0 Å². The van der Waals surface area contributed by atoms with Gasteiger partial charge in [-0.25, -0.2) is 4.39 Å². The molecular weight excluding hydrogens is 259 g/mol. The molecule has 2 aromatic rings. The monoisotopic (exact) mass is 274 g/mol. The van der Waals surface area contributed by atoms with E-state index in [0.717, 1.165) is 5.56 Å². The van der Waals surface area contributed by atoms with Gasteiger partial charge in [-0.15, -0.1) is 0 Å². The SMILES string of the molecule is NC(Cc1ccc(O)cc1)C(=O)Nc1ccc(F)cc1. The Bertz CT molecular complexity index is 582. The van der Waals surface area contributed by atoms with E-state index in [1.807, 2.05) is 0 Å². The number of carbonyl (C=O) groups excluding carboxylic acids is 1. The second-order valence-corrected chi connectivity index (χ2v) is 4.47. The number of rotatable bonds is 4. The summed E-state index contributed by atoms with van der Waals surface area (Å²) in [5, 5.41) is 11.8. The van der Waals surface area contributed by atoms with E-state index in [1.54, 1.807) is 24.3 Å². The predicted octanol–water partition coefficient (Wildman–Crippen LogP) is 2.04. The van der Waals surface area contributed by atoms with Gasteiger partial charge >= 0.3 is 0 Å². The Morgan fingerprint density at radius 1 is 1.15 bits per heavy atom. The van der Waals surface area contributed by atoms with Crippen molar-refractivity contribution in [2.75, 3.05) is 5.32 Å². The van der Waals surface area contributed by atoms with E-state index in [9.17, 15) is 14.3 Å². The Kier molecular flexibility index (Phi) is 4.32. The van der Waals surface area contributed by atoms with Gasteiger partial charge in [0, 0.05) is 5.69 Å². The number of anilines is 1. The molecule has 0 aliphatic heterocycles. The lowest BCUT2D eigenvalue weighted by atomic mass is 10.1. The Morgan fingerprint density at radius 3 is 2.35 bits per heavy atom. The average molecular weight is 274 g/mol. The Labute approximate surface area is 116 Å². The summed E-state index contributed by atoms with van der Waals surface area (Å²) in [6, 6.07) is 11.3. The van der Waals surface area contributed by atoms with Crippen LogP contribution >= 0.6 is 0 Å². The zero-order valence-electron chi connectivity index (χ0n) is 10.7. The van der Waals surface area contributed by atoms with Crippen molar-refractivity contribution in [1.82, 2.24) is 0 Å². The third-order valence-corrected chi connectivity index (χ3v) is 2.84. The van der Waals surface area contributed by atoms with E-state index in [4.69, 9.17) is 5.73 Å². The van der Waals surface area contributed by atoms with Gasteiger partial charge in [-0.05, 0) is 48.4 Å². The van der Waals surface area contributed by atoms with Crippen molar-refractivity contribution in [3.8, 4) is 5.75 Å². The average Bonchev–Trinajstić information content (AvgIpc) is 2.44. The maximum absolute atomic E-state index is 12.7. The Morgan fingerprint density at radius 2 is 1.75 bits per heavy atom. The summed E-state index contributed by atoms with van der Waals surface area (Å²) in [6.07, 6.45) is 0.354. The van der Waals surface area contributed by atoms with Crippen LogP contribution in [0.25, 0.3) is 0 Å². The highest BCUT2D eigenvalue weighted by atomic mass is 19.1. The van der Waals surface area contributed by atoms with E-state index >= 15 is 0 Å². The van der Waals surface area contributed by atoms with E-state index < -0.39 is 6.04 Å². The molecule has 1 atom stereocenters. The van der Waals surface area contributed by atoms with E-state index in [2.05, 4.69) is 5.32 Å². The summed E-state index contributed by atoms with van der Waals surface area (Å²) >= 11 is 0. The maximum Gasteiger partial charge on any atom is 0.241 e. The fraction of sp³-hybridized carbons (Fsp3) is 0.133. The largest absolute Gasteiger partial charge is 0.508 e. The molecule has 0 saturated carbocycles. The summed E-state index contributed by atoms with van der Waals surface area (Å²) in [4.78, 5) is 11.9. The van der Waals surface area contributed by atoms with Crippen molar-refractivity contribution in [2.24, 2.45) is 5.73 Å². The molecule has 1 unspecified atom stereocenters. The van der Waals surface area contributed by atoms with Crippen LogP contribution in [-0.2, 0) is 11.2 Å². The molecule has 0 heterocycles. The maximum atomic E-state index is 12.7. The lowest BCUT2D eigenvalue weighted by molar-refractivity contribution is -0.117. The molecule has 0 saturated heterocycles. The highest BCUT2D eigenvalue weighted by Crippen LogP contribution is 2.12.